The Morgan fingerprint density at radius 3 is 1.80 bits per heavy atom. The van der Waals surface area contributed by atoms with Crippen molar-refractivity contribution in [1.82, 2.24) is 0 Å². The standard InChI is InChI=1S/C53H36N2/c1-2-8-35(9-3-1)37-16-23-45(24-17-37)55(47-27-20-36-10-4-5-11-39(36)31-47)46-25-18-38(19-26-46)40-21-28-48-41(30-40)22-29-49-50-33-44(15-14-42(50)32-51(48)49)53-34-43-12-6-7-13-52(43)54-53/h1-31,33H,32,34H2. The zero-order chi connectivity index (χ0) is 36.3. The number of anilines is 3. The number of hydrogen-bond donors (Lipinski definition) is 0. The summed E-state index contributed by atoms with van der Waals surface area (Å²) in [5.41, 5.74) is 18.5. The topological polar surface area (TPSA) is 15.6 Å². The van der Waals surface area contributed by atoms with Gasteiger partial charge in [0.05, 0.1) is 11.4 Å². The molecule has 2 nitrogen and oxygen atoms in total. The smallest absolute Gasteiger partial charge is 0.0669 e. The lowest BCUT2D eigenvalue weighted by Gasteiger charge is -2.26. The number of benzene rings is 9. The summed E-state index contributed by atoms with van der Waals surface area (Å²) in [5.74, 6) is 0. The van der Waals surface area contributed by atoms with Crippen LogP contribution in [0.4, 0.5) is 22.7 Å². The van der Waals surface area contributed by atoms with E-state index in [0.29, 0.717) is 0 Å². The van der Waals surface area contributed by atoms with E-state index in [1.807, 2.05) is 0 Å². The molecule has 0 bridgehead atoms. The van der Waals surface area contributed by atoms with Crippen LogP contribution in [-0.2, 0) is 12.8 Å². The SMILES string of the molecule is c1ccc(-c2ccc(N(c3ccc(-c4ccc5c6c(ccc5c4)-c4cc(C5=Nc7ccccc7C5)ccc4C6)cc3)c3ccc4ccccc4c3)cc2)cc1. The molecule has 1 aliphatic carbocycles. The summed E-state index contributed by atoms with van der Waals surface area (Å²) in [6, 6.07) is 70.9. The highest BCUT2D eigenvalue weighted by atomic mass is 15.1. The van der Waals surface area contributed by atoms with Gasteiger partial charge >= 0.3 is 0 Å². The molecule has 0 spiro atoms. The summed E-state index contributed by atoms with van der Waals surface area (Å²) in [5, 5.41) is 5.08. The second-order valence-corrected chi connectivity index (χ2v) is 14.8. The van der Waals surface area contributed by atoms with Gasteiger partial charge in [-0.25, -0.2) is 0 Å². The van der Waals surface area contributed by atoms with Gasteiger partial charge in [-0.3, -0.25) is 4.99 Å². The Morgan fingerprint density at radius 1 is 0.364 bits per heavy atom. The van der Waals surface area contributed by atoms with Crippen LogP contribution in [-0.4, -0.2) is 5.71 Å². The first kappa shape index (κ1) is 31.5. The third-order valence-corrected chi connectivity index (χ3v) is 11.5. The highest BCUT2D eigenvalue weighted by Crippen LogP contribution is 2.43. The van der Waals surface area contributed by atoms with Gasteiger partial charge in [-0.2, -0.15) is 0 Å². The van der Waals surface area contributed by atoms with Crippen LogP contribution in [0.2, 0.25) is 0 Å². The maximum atomic E-state index is 4.98. The Hall–Kier alpha value is -7.03. The molecule has 0 atom stereocenters. The average molecular weight is 701 g/mol. The molecule has 0 saturated heterocycles. The molecule has 9 aromatic rings. The van der Waals surface area contributed by atoms with Crippen molar-refractivity contribution in [1.29, 1.82) is 0 Å². The van der Waals surface area contributed by atoms with Gasteiger partial charge in [0.2, 0.25) is 0 Å². The summed E-state index contributed by atoms with van der Waals surface area (Å²) < 4.78 is 0. The van der Waals surface area contributed by atoms with Crippen LogP contribution in [0.25, 0.3) is 54.9 Å². The predicted octanol–water partition coefficient (Wildman–Crippen LogP) is 14.0. The Labute approximate surface area is 321 Å². The van der Waals surface area contributed by atoms with Gasteiger partial charge in [0.15, 0.2) is 0 Å². The van der Waals surface area contributed by atoms with Crippen LogP contribution in [0, 0.1) is 0 Å². The maximum Gasteiger partial charge on any atom is 0.0669 e. The fraction of sp³-hybridized carbons (Fsp3) is 0.0377. The lowest BCUT2D eigenvalue weighted by atomic mass is 9.95. The lowest BCUT2D eigenvalue weighted by molar-refractivity contribution is 1.28. The largest absolute Gasteiger partial charge is 0.310 e. The number of rotatable bonds is 6. The molecule has 2 aliphatic rings. The van der Waals surface area contributed by atoms with E-state index in [1.165, 1.54) is 77.2 Å². The van der Waals surface area contributed by atoms with Gasteiger partial charge in [-0.05, 0) is 138 Å². The lowest BCUT2D eigenvalue weighted by Crippen LogP contribution is -2.09. The molecule has 0 radical (unpaired) electrons. The van der Waals surface area contributed by atoms with E-state index in [-0.39, 0.29) is 0 Å². The van der Waals surface area contributed by atoms with Crippen LogP contribution in [0.3, 0.4) is 0 Å². The van der Waals surface area contributed by atoms with Crippen molar-refractivity contribution in [3.05, 3.63) is 216 Å². The third kappa shape index (κ3) is 5.54. The molecular formula is C53H36N2. The molecular weight excluding hydrogens is 665 g/mol. The molecule has 1 aliphatic heterocycles. The molecule has 2 heteroatoms. The summed E-state index contributed by atoms with van der Waals surface area (Å²) >= 11 is 0. The normalized spacial score (nSPS) is 12.7. The first-order valence-corrected chi connectivity index (χ1v) is 19.1. The second kappa shape index (κ2) is 12.8. The summed E-state index contributed by atoms with van der Waals surface area (Å²) in [6.07, 6.45) is 1.85. The minimum atomic E-state index is 0.895. The Bertz CT molecular complexity index is 2960. The maximum absolute atomic E-state index is 4.98. The van der Waals surface area contributed by atoms with Crippen molar-refractivity contribution >= 4 is 50.0 Å². The molecule has 1 heterocycles. The van der Waals surface area contributed by atoms with Crippen molar-refractivity contribution in [2.75, 3.05) is 4.90 Å². The van der Waals surface area contributed by atoms with Gasteiger partial charge in [0.25, 0.3) is 0 Å². The molecule has 55 heavy (non-hydrogen) atoms. The van der Waals surface area contributed by atoms with E-state index in [9.17, 15) is 0 Å². The molecule has 0 unspecified atom stereocenters. The van der Waals surface area contributed by atoms with Gasteiger partial charge in [-0.1, -0.05) is 140 Å². The fourth-order valence-electron chi connectivity index (χ4n) is 8.67. The molecule has 0 fully saturated rings. The van der Waals surface area contributed by atoms with Gasteiger partial charge in [-0.15, -0.1) is 0 Å². The van der Waals surface area contributed by atoms with Crippen molar-refractivity contribution in [3.8, 4) is 33.4 Å². The zero-order valence-corrected chi connectivity index (χ0v) is 30.3. The highest BCUT2D eigenvalue weighted by molar-refractivity contribution is 6.08. The molecule has 9 aromatic carbocycles. The second-order valence-electron chi connectivity index (χ2n) is 14.8. The number of para-hydroxylation sites is 1. The van der Waals surface area contributed by atoms with Crippen LogP contribution in [0.5, 0.6) is 0 Å². The highest BCUT2D eigenvalue weighted by Gasteiger charge is 2.23. The molecule has 0 N–H and O–H groups in total. The molecule has 0 aromatic heterocycles. The number of fused-ring (bicyclic) bond motifs is 7. The molecule has 0 saturated carbocycles. The van der Waals surface area contributed by atoms with Crippen LogP contribution in [0.1, 0.15) is 22.3 Å². The van der Waals surface area contributed by atoms with Gasteiger partial charge in [0, 0.05) is 23.5 Å². The van der Waals surface area contributed by atoms with Crippen molar-refractivity contribution in [3.63, 3.8) is 0 Å². The Morgan fingerprint density at radius 2 is 1.00 bits per heavy atom. The van der Waals surface area contributed by atoms with E-state index in [1.54, 1.807) is 0 Å². The summed E-state index contributed by atoms with van der Waals surface area (Å²) in [4.78, 5) is 7.33. The van der Waals surface area contributed by atoms with E-state index in [0.717, 1.165) is 41.3 Å². The average Bonchev–Trinajstić information content (AvgIpc) is 3.86. The van der Waals surface area contributed by atoms with Gasteiger partial charge in [0.1, 0.15) is 0 Å². The fourth-order valence-corrected chi connectivity index (χ4v) is 8.67. The van der Waals surface area contributed by atoms with Crippen molar-refractivity contribution in [2.24, 2.45) is 4.99 Å². The molecule has 258 valence electrons. The summed E-state index contributed by atoms with van der Waals surface area (Å²) in [6.45, 7) is 0. The third-order valence-electron chi connectivity index (χ3n) is 11.5. The van der Waals surface area contributed by atoms with E-state index >= 15 is 0 Å². The van der Waals surface area contributed by atoms with E-state index < -0.39 is 0 Å². The first-order valence-electron chi connectivity index (χ1n) is 19.1. The van der Waals surface area contributed by atoms with E-state index in [2.05, 4.69) is 199 Å². The number of nitrogens with zero attached hydrogens (tertiary/aromatic N) is 2. The minimum absolute atomic E-state index is 0.895. The minimum Gasteiger partial charge on any atom is -0.310 e. The number of aliphatic imine (C=N–C) groups is 1. The van der Waals surface area contributed by atoms with Crippen LogP contribution < -0.4 is 4.90 Å². The van der Waals surface area contributed by atoms with Crippen molar-refractivity contribution in [2.45, 2.75) is 12.8 Å². The summed E-state index contributed by atoms with van der Waals surface area (Å²) in [7, 11) is 0. The number of hydrogen-bond acceptors (Lipinski definition) is 2. The first-order chi connectivity index (χ1) is 27.2. The molecule has 0 amide bonds. The predicted molar refractivity (Wildman–Crippen MR) is 232 cm³/mol. The van der Waals surface area contributed by atoms with Crippen molar-refractivity contribution < 1.29 is 0 Å². The van der Waals surface area contributed by atoms with Gasteiger partial charge < -0.3 is 4.90 Å². The Balaban J connectivity index is 0.912. The van der Waals surface area contributed by atoms with Crippen LogP contribution >= 0.6 is 0 Å². The Kier molecular flexibility index (Phi) is 7.34. The molecule has 11 rings (SSSR count). The van der Waals surface area contributed by atoms with E-state index in [4.69, 9.17) is 4.99 Å². The monoisotopic (exact) mass is 700 g/mol. The quantitative estimate of drug-likeness (QED) is 0.169. The zero-order valence-electron chi connectivity index (χ0n) is 30.3. The van der Waals surface area contributed by atoms with Crippen LogP contribution in [0.15, 0.2) is 199 Å².